The van der Waals surface area contributed by atoms with E-state index in [1.54, 1.807) is 0 Å². The number of H-pyrrole nitrogens is 1. The van der Waals surface area contributed by atoms with E-state index in [1.165, 1.54) is 0 Å². The van der Waals surface area contributed by atoms with E-state index in [4.69, 9.17) is 21.5 Å². The molecular weight excluding hydrogens is 236 g/mol. The lowest BCUT2D eigenvalue weighted by Crippen LogP contribution is -2.38. The van der Waals surface area contributed by atoms with Gasteiger partial charge in [0.1, 0.15) is 5.60 Å². The second-order valence-corrected chi connectivity index (χ2v) is 5.87. The molecule has 1 aromatic heterocycles. The zero-order valence-corrected chi connectivity index (χ0v) is 11.5. The Hall–Kier alpha value is -0.680. The lowest BCUT2D eigenvalue weighted by Gasteiger charge is -2.41. The molecule has 0 saturated heterocycles. The Morgan fingerprint density at radius 1 is 1.35 bits per heavy atom. The first-order valence-corrected chi connectivity index (χ1v) is 6.58. The van der Waals surface area contributed by atoms with Crippen LogP contribution >= 0.6 is 12.2 Å². The Labute approximate surface area is 107 Å². The van der Waals surface area contributed by atoms with Gasteiger partial charge in [0.25, 0.3) is 0 Å². The minimum Gasteiger partial charge on any atom is -0.367 e. The third-order valence-electron chi connectivity index (χ3n) is 3.70. The van der Waals surface area contributed by atoms with Crippen molar-refractivity contribution in [2.24, 2.45) is 5.41 Å². The van der Waals surface area contributed by atoms with Crippen LogP contribution in [0.15, 0.2) is 4.52 Å². The molecule has 1 fully saturated rings. The lowest BCUT2D eigenvalue weighted by atomic mass is 9.70. The molecule has 0 bridgehead atoms. The van der Waals surface area contributed by atoms with Crippen LogP contribution in [0.3, 0.4) is 0 Å². The summed E-state index contributed by atoms with van der Waals surface area (Å²) in [7, 11) is 0. The van der Waals surface area contributed by atoms with Crippen molar-refractivity contribution in [2.45, 2.75) is 52.1 Å². The number of ether oxygens (including phenoxy) is 1. The molecule has 0 unspecified atom stereocenters. The summed E-state index contributed by atoms with van der Waals surface area (Å²) in [5, 5.41) is 2.81. The molecule has 5 heteroatoms. The molecule has 0 radical (unpaired) electrons. The number of nitrogens with zero attached hydrogens (tertiary/aromatic N) is 1. The zero-order chi connectivity index (χ0) is 12.5. The summed E-state index contributed by atoms with van der Waals surface area (Å²) in [4.78, 5) is 4.49. The van der Waals surface area contributed by atoms with E-state index >= 15 is 0 Å². The van der Waals surface area contributed by atoms with Gasteiger partial charge in [0.2, 0.25) is 0 Å². The first-order valence-electron chi connectivity index (χ1n) is 6.17. The number of rotatable bonds is 3. The van der Waals surface area contributed by atoms with E-state index in [0.717, 1.165) is 31.5 Å². The molecular formula is C12H20N2O2S. The third kappa shape index (κ3) is 2.60. The van der Waals surface area contributed by atoms with E-state index in [0.29, 0.717) is 12.0 Å². The molecule has 1 saturated carbocycles. The Morgan fingerprint density at radius 2 is 2.00 bits per heavy atom. The largest absolute Gasteiger partial charge is 0.367 e. The molecule has 17 heavy (non-hydrogen) atoms. The van der Waals surface area contributed by atoms with Crippen molar-refractivity contribution < 1.29 is 9.26 Å². The van der Waals surface area contributed by atoms with Crippen LogP contribution in [-0.4, -0.2) is 16.7 Å². The molecule has 96 valence electrons. The number of hydrogen-bond donors (Lipinski definition) is 1. The van der Waals surface area contributed by atoms with Crippen LogP contribution in [0.1, 0.15) is 52.3 Å². The molecule has 2 rings (SSSR count). The van der Waals surface area contributed by atoms with Crippen molar-refractivity contribution in [3.05, 3.63) is 10.7 Å². The van der Waals surface area contributed by atoms with Gasteiger partial charge in [-0.15, -0.1) is 0 Å². The molecule has 0 aliphatic heterocycles. The van der Waals surface area contributed by atoms with Crippen LogP contribution < -0.4 is 0 Å². The van der Waals surface area contributed by atoms with E-state index in [1.807, 2.05) is 6.92 Å². The summed E-state index contributed by atoms with van der Waals surface area (Å²) in [6.07, 6.45) is 4.18. The van der Waals surface area contributed by atoms with Crippen molar-refractivity contribution in [3.63, 3.8) is 0 Å². The van der Waals surface area contributed by atoms with Gasteiger partial charge in [-0.05, 0) is 50.2 Å². The van der Waals surface area contributed by atoms with Gasteiger partial charge in [-0.3, -0.25) is 0 Å². The highest BCUT2D eigenvalue weighted by Crippen LogP contribution is 2.46. The zero-order valence-electron chi connectivity index (χ0n) is 10.7. The Kier molecular flexibility index (Phi) is 3.41. The van der Waals surface area contributed by atoms with Crippen molar-refractivity contribution in [2.75, 3.05) is 6.61 Å². The predicted octanol–water partition coefficient (Wildman–Crippen LogP) is 3.56. The van der Waals surface area contributed by atoms with E-state index < -0.39 is 0 Å². The van der Waals surface area contributed by atoms with Crippen LogP contribution in [0.5, 0.6) is 0 Å². The van der Waals surface area contributed by atoms with Gasteiger partial charge in [0, 0.05) is 6.61 Å². The molecule has 0 amide bonds. The highest BCUT2D eigenvalue weighted by Gasteiger charge is 2.42. The molecule has 0 atom stereocenters. The van der Waals surface area contributed by atoms with Gasteiger partial charge in [0.15, 0.2) is 5.82 Å². The van der Waals surface area contributed by atoms with Crippen molar-refractivity contribution in [1.82, 2.24) is 10.1 Å². The Balaban J connectivity index is 2.25. The van der Waals surface area contributed by atoms with Gasteiger partial charge in [-0.25, -0.2) is 5.16 Å². The van der Waals surface area contributed by atoms with Crippen LogP contribution in [-0.2, 0) is 10.3 Å². The van der Waals surface area contributed by atoms with Crippen LogP contribution in [0.4, 0.5) is 0 Å². The first-order chi connectivity index (χ1) is 7.97. The van der Waals surface area contributed by atoms with Gasteiger partial charge < -0.3 is 9.26 Å². The average molecular weight is 256 g/mol. The number of hydrogen-bond acceptors (Lipinski definition) is 4. The summed E-state index contributed by atoms with van der Waals surface area (Å²) >= 11 is 4.92. The SMILES string of the molecule is CCOC1(c2nc(=S)o[nH]2)CCC(C)(C)CC1. The van der Waals surface area contributed by atoms with E-state index in [-0.39, 0.29) is 10.4 Å². The van der Waals surface area contributed by atoms with Crippen molar-refractivity contribution in [3.8, 4) is 0 Å². The highest BCUT2D eigenvalue weighted by molar-refractivity contribution is 7.71. The first kappa shape index (κ1) is 12.8. The van der Waals surface area contributed by atoms with Gasteiger partial charge in [0.05, 0.1) is 0 Å². The van der Waals surface area contributed by atoms with Crippen LogP contribution in [0.25, 0.3) is 0 Å². The maximum Gasteiger partial charge on any atom is 0.314 e. The monoisotopic (exact) mass is 256 g/mol. The summed E-state index contributed by atoms with van der Waals surface area (Å²) in [5.41, 5.74) is 0.0615. The minimum atomic E-state index is -0.329. The molecule has 1 N–H and O–H groups in total. The topological polar surface area (TPSA) is 51.1 Å². The number of aromatic amines is 1. The highest BCUT2D eigenvalue weighted by atomic mass is 32.1. The number of aromatic nitrogens is 2. The molecule has 1 aromatic rings. The summed E-state index contributed by atoms with van der Waals surface area (Å²) < 4.78 is 11.0. The van der Waals surface area contributed by atoms with Gasteiger partial charge >= 0.3 is 4.84 Å². The lowest BCUT2D eigenvalue weighted by molar-refractivity contribution is -0.0957. The molecule has 0 aromatic carbocycles. The van der Waals surface area contributed by atoms with Gasteiger partial charge in [-0.2, -0.15) is 4.98 Å². The van der Waals surface area contributed by atoms with Crippen molar-refractivity contribution >= 4 is 12.2 Å². The quantitative estimate of drug-likeness (QED) is 0.840. The predicted molar refractivity (Wildman–Crippen MR) is 67.2 cm³/mol. The normalized spacial score (nSPS) is 22.5. The molecule has 1 aliphatic carbocycles. The van der Waals surface area contributed by atoms with Crippen LogP contribution in [0.2, 0.25) is 0 Å². The molecule has 0 spiro atoms. The number of nitrogens with one attached hydrogen (secondary N) is 1. The third-order valence-corrected chi connectivity index (χ3v) is 3.88. The summed E-state index contributed by atoms with van der Waals surface area (Å²) in [6.45, 7) is 7.28. The second kappa shape index (κ2) is 4.53. The average Bonchev–Trinajstić information content (AvgIpc) is 2.69. The fraction of sp³-hybridized carbons (Fsp3) is 0.833. The fourth-order valence-electron chi connectivity index (χ4n) is 2.48. The molecule has 1 aliphatic rings. The summed E-state index contributed by atoms with van der Waals surface area (Å²) in [6, 6.07) is 0. The second-order valence-electron chi connectivity index (χ2n) is 5.52. The maximum atomic E-state index is 5.96. The smallest absolute Gasteiger partial charge is 0.314 e. The van der Waals surface area contributed by atoms with Crippen LogP contribution in [0, 0.1) is 10.3 Å². The molecule has 4 nitrogen and oxygen atoms in total. The van der Waals surface area contributed by atoms with Crippen molar-refractivity contribution in [1.29, 1.82) is 0 Å². The van der Waals surface area contributed by atoms with E-state index in [2.05, 4.69) is 24.0 Å². The fourth-order valence-corrected chi connectivity index (χ4v) is 2.61. The Bertz CT molecular complexity index is 426. The van der Waals surface area contributed by atoms with Gasteiger partial charge in [-0.1, -0.05) is 13.8 Å². The van der Waals surface area contributed by atoms with E-state index in [9.17, 15) is 0 Å². The molecule has 1 heterocycles. The maximum absolute atomic E-state index is 5.96. The minimum absolute atomic E-state index is 0.254. The standard InChI is InChI=1S/C12H20N2O2S/c1-4-15-12(9-13-10(17)16-14-9)7-5-11(2,3)6-8-12/h4-8H2,1-3H3,(H,13,14,17). The Morgan fingerprint density at radius 3 is 2.47 bits per heavy atom. The summed E-state index contributed by atoms with van der Waals surface area (Å²) in [5.74, 6) is 0.750.